The highest BCUT2D eigenvalue weighted by molar-refractivity contribution is 9.10. The molecular formula is C20H32BrN2O5P. The molecule has 1 aromatic carbocycles. The van der Waals surface area contributed by atoms with Crippen LogP contribution in [0.1, 0.15) is 47.0 Å². The largest absolute Gasteiger partial charge is 0.330 e. The number of urea groups is 1. The Balaban J connectivity index is 2.63. The van der Waals surface area contributed by atoms with E-state index >= 15 is 0 Å². The van der Waals surface area contributed by atoms with Crippen molar-refractivity contribution < 1.29 is 23.2 Å². The Bertz CT molecular complexity index is 687. The maximum atomic E-state index is 12.7. The first kappa shape index (κ1) is 25.8. The average Bonchev–Trinajstić information content (AvgIpc) is 2.63. The zero-order valence-corrected chi connectivity index (χ0v) is 20.1. The van der Waals surface area contributed by atoms with Crippen molar-refractivity contribution in [2.45, 2.75) is 53.0 Å². The summed E-state index contributed by atoms with van der Waals surface area (Å²) in [6.07, 6.45) is 1.28. The second-order valence-corrected chi connectivity index (χ2v) is 10.1. The Morgan fingerprint density at radius 2 is 1.69 bits per heavy atom. The van der Waals surface area contributed by atoms with Crippen LogP contribution >= 0.6 is 23.5 Å². The Labute approximate surface area is 182 Å². The quantitative estimate of drug-likeness (QED) is 0.351. The molecule has 0 saturated carbocycles. The molecule has 0 heterocycles. The van der Waals surface area contributed by atoms with Crippen LogP contribution in [0.3, 0.4) is 0 Å². The summed E-state index contributed by atoms with van der Waals surface area (Å²) in [4.78, 5) is 25.0. The molecule has 0 unspecified atom stereocenters. The van der Waals surface area contributed by atoms with E-state index in [-0.39, 0.29) is 24.3 Å². The molecule has 1 aromatic rings. The molecule has 164 valence electrons. The highest BCUT2D eigenvalue weighted by Gasteiger charge is 2.26. The molecule has 0 spiro atoms. The molecule has 7 nitrogen and oxygen atoms in total. The van der Waals surface area contributed by atoms with Crippen LogP contribution in [0.5, 0.6) is 0 Å². The van der Waals surface area contributed by atoms with Crippen molar-refractivity contribution >= 4 is 41.0 Å². The SMILES string of the molecule is CCOP(=O)(CCCC(=O)[C@H](CC(C)C)NC(=O)Nc1ccc(Br)cc1)OCC. The molecule has 1 atom stereocenters. The lowest BCUT2D eigenvalue weighted by Crippen LogP contribution is -2.43. The predicted octanol–water partition coefficient (Wildman–Crippen LogP) is 5.60. The number of benzene rings is 1. The van der Waals surface area contributed by atoms with Gasteiger partial charge in [0.2, 0.25) is 0 Å². The third-order valence-electron chi connectivity index (χ3n) is 4.01. The van der Waals surface area contributed by atoms with Crippen molar-refractivity contribution in [3.8, 4) is 0 Å². The van der Waals surface area contributed by atoms with Gasteiger partial charge in [-0.2, -0.15) is 0 Å². The van der Waals surface area contributed by atoms with Crippen LogP contribution in [0.4, 0.5) is 10.5 Å². The highest BCUT2D eigenvalue weighted by atomic mass is 79.9. The minimum absolute atomic E-state index is 0.0933. The normalized spacial score (nSPS) is 12.6. The van der Waals surface area contributed by atoms with Crippen molar-refractivity contribution in [2.24, 2.45) is 5.92 Å². The molecule has 0 radical (unpaired) electrons. The van der Waals surface area contributed by atoms with Crippen LogP contribution in [-0.2, 0) is 18.4 Å². The van der Waals surface area contributed by atoms with Crippen LogP contribution in [0.15, 0.2) is 28.7 Å². The summed E-state index contributed by atoms with van der Waals surface area (Å²) < 4.78 is 23.9. The van der Waals surface area contributed by atoms with Crippen molar-refractivity contribution in [1.82, 2.24) is 5.32 Å². The summed E-state index contributed by atoms with van der Waals surface area (Å²) in [6, 6.07) is 6.14. The number of carbonyl (C=O) groups excluding carboxylic acids is 2. The third-order valence-corrected chi connectivity index (χ3v) is 6.71. The van der Waals surface area contributed by atoms with Crippen molar-refractivity contribution in [3.63, 3.8) is 0 Å². The first-order valence-electron chi connectivity index (χ1n) is 9.93. The number of Topliss-reactive ketones (excluding diaryl/α,β-unsaturated/α-hetero) is 1. The first-order chi connectivity index (χ1) is 13.7. The van der Waals surface area contributed by atoms with Gasteiger partial charge in [-0.25, -0.2) is 4.79 Å². The van der Waals surface area contributed by atoms with Gasteiger partial charge in [0.05, 0.1) is 25.4 Å². The molecule has 0 saturated heterocycles. The molecule has 9 heteroatoms. The van der Waals surface area contributed by atoms with E-state index in [4.69, 9.17) is 9.05 Å². The van der Waals surface area contributed by atoms with E-state index in [1.807, 2.05) is 26.0 Å². The molecule has 29 heavy (non-hydrogen) atoms. The number of carbonyl (C=O) groups is 2. The van der Waals surface area contributed by atoms with Crippen LogP contribution < -0.4 is 10.6 Å². The van der Waals surface area contributed by atoms with Gasteiger partial charge in [-0.15, -0.1) is 0 Å². The number of hydrogen-bond acceptors (Lipinski definition) is 5. The summed E-state index contributed by atoms with van der Waals surface area (Å²) in [5.74, 6) is 0.138. The molecule has 0 bridgehead atoms. The van der Waals surface area contributed by atoms with Gasteiger partial charge in [-0.05, 0) is 56.9 Å². The molecule has 0 aliphatic rings. The Morgan fingerprint density at radius 1 is 1.10 bits per heavy atom. The fourth-order valence-electron chi connectivity index (χ4n) is 2.78. The van der Waals surface area contributed by atoms with Crippen LogP contribution in [-0.4, -0.2) is 37.2 Å². The monoisotopic (exact) mass is 490 g/mol. The van der Waals surface area contributed by atoms with Gasteiger partial charge in [-0.1, -0.05) is 29.8 Å². The lowest BCUT2D eigenvalue weighted by Gasteiger charge is -2.21. The number of anilines is 1. The number of ketones is 1. The molecule has 0 aliphatic carbocycles. The van der Waals surface area contributed by atoms with Crippen molar-refractivity contribution in [1.29, 1.82) is 0 Å². The highest BCUT2D eigenvalue weighted by Crippen LogP contribution is 2.48. The van der Waals surface area contributed by atoms with Gasteiger partial charge < -0.3 is 19.7 Å². The van der Waals surface area contributed by atoms with Crippen LogP contribution in [0.25, 0.3) is 0 Å². The van der Waals surface area contributed by atoms with Crippen LogP contribution in [0, 0.1) is 5.92 Å². The Morgan fingerprint density at radius 3 is 2.21 bits per heavy atom. The van der Waals surface area contributed by atoms with E-state index in [2.05, 4.69) is 26.6 Å². The predicted molar refractivity (Wildman–Crippen MR) is 120 cm³/mol. The topological polar surface area (TPSA) is 93.7 Å². The molecular weight excluding hydrogens is 459 g/mol. The van der Waals surface area contributed by atoms with Crippen molar-refractivity contribution in [2.75, 3.05) is 24.7 Å². The molecule has 2 N–H and O–H groups in total. The number of nitrogens with one attached hydrogen (secondary N) is 2. The molecule has 0 fully saturated rings. The van der Waals surface area contributed by atoms with Gasteiger partial charge in [0.15, 0.2) is 5.78 Å². The zero-order valence-electron chi connectivity index (χ0n) is 17.6. The van der Waals surface area contributed by atoms with E-state index in [1.165, 1.54) is 0 Å². The summed E-state index contributed by atoms with van der Waals surface area (Å²) >= 11 is 3.34. The minimum Gasteiger partial charge on any atom is -0.328 e. The Hall–Kier alpha value is -1.21. The van der Waals surface area contributed by atoms with E-state index in [0.29, 0.717) is 31.7 Å². The molecule has 0 aromatic heterocycles. The van der Waals surface area contributed by atoms with Crippen molar-refractivity contribution in [3.05, 3.63) is 28.7 Å². The first-order valence-corrected chi connectivity index (χ1v) is 12.4. The maximum Gasteiger partial charge on any atom is 0.330 e. The zero-order chi connectivity index (χ0) is 21.9. The number of halogens is 1. The summed E-state index contributed by atoms with van der Waals surface area (Å²) in [5.41, 5.74) is 0.635. The second-order valence-electron chi connectivity index (χ2n) is 7.03. The minimum atomic E-state index is -3.17. The Kier molecular flexibility index (Phi) is 11.7. The lowest BCUT2D eigenvalue weighted by atomic mass is 9.98. The van der Waals surface area contributed by atoms with Gasteiger partial charge in [0.1, 0.15) is 0 Å². The summed E-state index contributed by atoms with van der Waals surface area (Å²) in [6.45, 7) is 8.07. The van der Waals surface area contributed by atoms with Gasteiger partial charge in [0, 0.05) is 16.6 Å². The van der Waals surface area contributed by atoms with Gasteiger partial charge >= 0.3 is 13.6 Å². The van der Waals surface area contributed by atoms with E-state index in [1.54, 1.807) is 26.0 Å². The van der Waals surface area contributed by atoms with E-state index in [0.717, 1.165) is 4.47 Å². The average molecular weight is 491 g/mol. The van der Waals surface area contributed by atoms with Gasteiger partial charge in [0.25, 0.3) is 0 Å². The third kappa shape index (κ3) is 10.4. The fourth-order valence-corrected chi connectivity index (χ4v) is 4.71. The maximum absolute atomic E-state index is 12.7. The lowest BCUT2D eigenvalue weighted by molar-refractivity contribution is -0.121. The number of hydrogen-bond donors (Lipinski definition) is 2. The molecule has 1 rings (SSSR count). The molecule has 0 aliphatic heterocycles. The molecule has 2 amide bonds. The second kappa shape index (κ2) is 13.2. The number of amides is 2. The van der Waals surface area contributed by atoms with Crippen LogP contribution in [0.2, 0.25) is 0 Å². The summed E-state index contributed by atoms with van der Waals surface area (Å²) in [7, 11) is -3.17. The smallest absolute Gasteiger partial charge is 0.328 e. The summed E-state index contributed by atoms with van der Waals surface area (Å²) in [5, 5.41) is 5.50. The van der Waals surface area contributed by atoms with E-state index in [9.17, 15) is 14.2 Å². The standard InChI is InChI=1S/C20H32BrN2O5P/c1-5-27-29(26,28-6-2)13-7-8-19(24)18(14-15(3)4)23-20(25)22-17-11-9-16(21)10-12-17/h9-12,15,18H,5-8,13-14H2,1-4H3,(H2,22,23,25)/t18-/m0/s1. The van der Waals surface area contributed by atoms with E-state index < -0.39 is 19.7 Å². The van der Waals surface area contributed by atoms with Gasteiger partial charge in [-0.3, -0.25) is 9.36 Å². The number of rotatable bonds is 13. The fraction of sp³-hybridized carbons (Fsp3) is 0.600.